The van der Waals surface area contributed by atoms with Crippen molar-refractivity contribution < 1.29 is 9.59 Å². The number of rotatable bonds is 4. The van der Waals surface area contributed by atoms with Crippen molar-refractivity contribution in [2.45, 2.75) is 6.54 Å². The Morgan fingerprint density at radius 3 is 2.73 bits per heavy atom. The molecule has 1 rings (SSSR count). The quantitative estimate of drug-likeness (QED) is 0.536. The van der Waals surface area contributed by atoms with E-state index in [4.69, 9.17) is 11.5 Å². The van der Waals surface area contributed by atoms with Crippen LogP contribution in [0.5, 0.6) is 0 Å². The molecule has 80 valence electrons. The highest BCUT2D eigenvalue weighted by Crippen LogP contribution is 2.14. The number of hydrogen-bond acceptors (Lipinski definition) is 3. The van der Waals surface area contributed by atoms with E-state index in [0.29, 0.717) is 18.6 Å². The highest BCUT2D eigenvalue weighted by Gasteiger charge is 2.07. The predicted molar refractivity (Wildman–Crippen MR) is 56.9 cm³/mol. The third-order valence-electron chi connectivity index (χ3n) is 2.00. The highest BCUT2D eigenvalue weighted by molar-refractivity contribution is 5.98. The molecule has 0 radical (unpaired) electrons. The average molecular weight is 207 g/mol. The van der Waals surface area contributed by atoms with E-state index in [0.717, 1.165) is 5.56 Å². The molecule has 5 heteroatoms. The molecule has 0 fully saturated rings. The maximum absolute atomic E-state index is 11.0. The molecule has 1 aromatic carbocycles. The number of carbonyl (C=O) groups is 2. The van der Waals surface area contributed by atoms with Crippen molar-refractivity contribution in [2.75, 3.05) is 12.8 Å². The van der Waals surface area contributed by atoms with Gasteiger partial charge in [0.15, 0.2) is 0 Å². The number of nitrogens with zero attached hydrogens (tertiary/aromatic N) is 1. The molecule has 1 aromatic rings. The molecule has 0 heterocycles. The van der Waals surface area contributed by atoms with Crippen molar-refractivity contribution in [3.8, 4) is 0 Å². The second kappa shape index (κ2) is 4.45. The second-order valence-corrected chi connectivity index (χ2v) is 3.31. The van der Waals surface area contributed by atoms with Crippen LogP contribution < -0.4 is 11.5 Å². The van der Waals surface area contributed by atoms with Crippen LogP contribution in [0, 0.1) is 0 Å². The number of nitrogen functional groups attached to an aromatic ring is 1. The molecule has 0 aliphatic carbocycles. The average Bonchev–Trinajstić information content (AvgIpc) is 2.20. The van der Waals surface area contributed by atoms with Crippen LogP contribution in [0.15, 0.2) is 18.2 Å². The second-order valence-electron chi connectivity index (χ2n) is 3.31. The third kappa shape index (κ3) is 2.70. The lowest BCUT2D eigenvalue weighted by molar-refractivity contribution is -0.117. The van der Waals surface area contributed by atoms with Gasteiger partial charge in [-0.2, -0.15) is 0 Å². The molecule has 0 aliphatic heterocycles. The summed E-state index contributed by atoms with van der Waals surface area (Å²) in [5.41, 5.74) is 12.2. The monoisotopic (exact) mass is 207 g/mol. The van der Waals surface area contributed by atoms with Gasteiger partial charge in [0.2, 0.25) is 6.41 Å². The molecule has 15 heavy (non-hydrogen) atoms. The maximum atomic E-state index is 11.0. The molecule has 0 saturated heterocycles. The standard InChI is InChI=1S/C10H13N3O2/c1-13(6-14)5-7-2-3-9(11)8(4-7)10(12)15/h2-4,6H,5,11H2,1H3,(H2,12,15). The zero-order valence-electron chi connectivity index (χ0n) is 8.43. The first-order valence-electron chi connectivity index (χ1n) is 4.38. The topological polar surface area (TPSA) is 89.4 Å². The van der Waals surface area contributed by atoms with E-state index in [1.165, 1.54) is 4.90 Å². The molecule has 0 aromatic heterocycles. The van der Waals surface area contributed by atoms with Crippen molar-refractivity contribution in [3.05, 3.63) is 29.3 Å². The Kier molecular flexibility index (Phi) is 3.28. The van der Waals surface area contributed by atoms with Crippen LogP contribution in [0.3, 0.4) is 0 Å². The van der Waals surface area contributed by atoms with E-state index in [2.05, 4.69) is 0 Å². The van der Waals surface area contributed by atoms with Crippen LogP contribution in [0.2, 0.25) is 0 Å². The fraction of sp³-hybridized carbons (Fsp3) is 0.200. The van der Waals surface area contributed by atoms with Crippen LogP contribution in [-0.4, -0.2) is 24.3 Å². The minimum Gasteiger partial charge on any atom is -0.398 e. The normalized spacial score (nSPS) is 9.67. The Morgan fingerprint density at radius 2 is 2.20 bits per heavy atom. The number of nitrogens with two attached hydrogens (primary N) is 2. The van der Waals surface area contributed by atoms with Crippen LogP contribution in [0.25, 0.3) is 0 Å². The minimum absolute atomic E-state index is 0.284. The number of primary amides is 1. The third-order valence-corrected chi connectivity index (χ3v) is 2.00. The van der Waals surface area contributed by atoms with Gasteiger partial charge in [0, 0.05) is 19.3 Å². The minimum atomic E-state index is -0.567. The summed E-state index contributed by atoms with van der Waals surface area (Å²) in [4.78, 5) is 22.8. The highest BCUT2D eigenvalue weighted by atomic mass is 16.1. The van der Waals surface area contributed by atoms with Gasteiger partial charge in [-0.15, -0.1) is 0 Å². The molecule has 0 unspecified atom stereocenters. The van der Waals surface area contributed by atoms with Gasteiger partial charge in [-0.3, -0.25) is 9.59 Å². The first-order chi connectivity index (χ1) is 7.04. The lowest BCUT2D eigenvalue weighted by atomic mass is 10.1. The van der Waals surface area contributed by atoms with Crippen LogP contribution in [0.1, 0.15) is 15.9 Å². The van der Waals surface area contributed by atoms with Gasteiger partial charge in [-0.25, -0.2) is 0 Å². The predicted octanol–water partition coefficient (Wildman–Crippen LogP) is -0.0441. The number of carbonyl (C=O) groups excluding carboxylic acids is 2. The van der Waals surface area contributed by atoms with Gasteiger partial charge in [-0.1, -0.05) is 6.07 Å². The van der Waals surface area contributed by atoms with Crippen molar-refractivity contribution in [1.82, 2.24) is 4.90 Å². The fourth-order valence-corrected chi connectivity index (χ4v) is 1.24. The fourth-order valence-electron chi connectivity index (χ4n) is 1.24. The molecule has 0 aliphatic rings. The van der Waals surface area contributed by atoms with E-state index in [-0.39, 0.29) is 5.56 Å². The number of hydrogen-bond donors (Lipinski definition) is 2. The summed E-state index contributed by atoms with van der Waals surface area (Å²) < 4.78 is 0. The van der Waals surface area contributed by atoms with Crippen molar-refractivity contribution >= 4 is 18.0 Å². The number of amides is 2. The van der Waals surface area contributed by atoms with E-state index >= 15 is 0 Å². The van der Waals surface area contributed by atoms with Gasteiger partial charge >= 0.3 is 0 Å². The number of anilines is 1. The zero-order valence-corrected chi connectivity index (χ0v) is 8.43. The largest absolute Gasteiger partial charge is 0.398 e. The summed E-state index contributed by atoms with van der Waals surface area (Å²) in [7, 11) is 1.65. The van der Waals surface area contributed by atoms with Crippen molar-refractivity contribution in [3.63, 3.8) is 0 Å². The molecule has 0 atom stereocenters. The number of benzene rings is 1. The van der Waals surface area contributed by atoms with E-state index in [1.54, 1.807) is 25.2 Å². The summed E-state index contributed by atoms with van der Waals surface area (Å²) in [6, 6.07) is 4.95. The van der Waals surface area contributed by atoms with E-state index in [9.17, 15) is 9.59 Å². The Labute approximate surface area is 87.7 Å². The lowest BCUT2D eigenvalue weighted by Gasteiger charge is -2.11. The molecular weight excluding hydrogens is 194 g/mol. The van der Waals surface area contributed by atoms with E-state index < -0.39 is 5.91 Å². The molecule has 0 bridgehead atoms. The van der Waals surface area contributed by atoms with Gasteiger partial charge in [0.1, 0.15) is 0 Å². The Morgan fingerprint density at radius 1 is 1.53 bits per heavy atom. The summed E-state index contributed by atoms with van der Waals surface area (Å²) in [5.74, 6) is -0.567. The van der Waals surface area contributed by atoms with Crippen molar-refractivity contribution in [2.24, 2.45) is 5.73 Å². The first-order valence-corrected chi connectivity index (χ1v) is 4.38. The van der Waals surface area contributed by atoms with Crippen LogP contribution in [-0.2, 0) is 11.3 Å². The van der Waals surface area contributed by atoms with Gasteiger partial charge < -0.3 is 16.4 Å². The molecule has 0 spiro atoms. The molecule has 5 nitrogen and oxygen atoms in total. The molecule has 0 saturated carbocycles. The SMILES string of the molecule is CN(C=O)Cc1ccc(N)c(C(N)=O)c1. The Balaban J connectivity index is 2.97. The Bertz CT molecular complexity index is 390. The Hall–Kier alpha value is -2.04. The molecule has 4 N–H and O–H groups in total. The molecular formula is C10H13N3O2. The van der Waals surface area contributed by atoms with Crippen LogP contribution >= 0.6 is 0 Å². The molecule has 2 amide bonds. The van der Waals surface area contributed by atoms with Crippen molar-refractivity contribution in [1.29, 1.82) is 0 Å². The van der Waals surface area contributed by atoms with Gasteiger partial charge in [0.05, 0.1) is 5.56 Å². The smallest absolute Gasteiger partial charge is 0.250 e. The summed E-state index contributed by atoms with van der Waals surface area (Å²) in [6.45, 7) is 0.421. The lowest BCUT2D eigenvalue weighted by Crippen LogP contribution is -2.17. The summed E-state index contributed by atoms with van der Waals surface area (Å²) in [5, 5.41) is 0. The summed E-state index contributed by atoms with van der Waals surface area (Å²) in [6.07, 6.45) is 0.709. The van der Waals surface area contributed by atoms with Gasteiger partial charge in [-0.05, 0) is 17.7 Å². The summed E-state index contributed by atoms with van der Waals surface area (Å²) >= 11 is 0. The van der Waals surface area contributed by atoms with Gasteiger partial charge in [0.25, 0.3) is 5.91 Å². The zero-order chi connectivity index (χ0) is 11.4. The maximum Gasteiger partial charge on any atom is 0.250 e. The van der Waals surface area contributed by atoms with E-state index in [1.807, 2.05) is 0 Å². The first kappa shape index (κ1) is 11.0. The van der Waals surface area contributed by atoms with Crippen LogP contribution in [0.4, 0.5) is 5.69 Å².